The van der Waals surface area contributed by atoms with Gasteiger partial charge in [-0.05, 0) is 19.1 Å². The Morgan fingerprint density at radius 2 is 1.90 bits per heavy atom. The number of anilines is 1. The Balaban J connectivity index is 2.38. The molecule has 0 spiro atoms. The lowest BCUT2D eigenvalue weighted by Gasteiger charge is -2.07. The van der Waals surface area contributed by atoms with Crippen molar-refractivity contribution in [2.75, 3.05) is 4.72 Å². The molecule has 0 aliphatic carbocycles. The zero-order valence-electron chi connectivity index (χ0n) is 11.0. The number of carbonyl (C=O) groups is 1. The summed E-state index contributed by atoms with van der Waals surface area (Å²) < 4.78 is 28.0. The summed E-state index contributed by atoms with van der Waals surface area (Å²) in [5.74, 6) is -0.799. The van der Waals surface area contributed by atoms with E-state index < -0.39 is 15.9 Å². The van der Waals surface area contributed by atoms with E-state index in [-0.39, 0.29) is 16.3 Å². The summed E-state index contributed by atoms with van der Waals surface area (Å²) in [6, 6.07) is 6.34. The number of aromatic nitrogens is 2. The second-order valence-electron chi connectivity index (χ2n) is 4.35. The van der Waals surface area contributed by atoms with Gasteiger partial charge in [0.05, 0.1) is 10.6 Å². The molecule has 0 saturated carbocycles. The van der Waals surface area contributed by atoms with Crippen LogP contribution in [0.1, 0.15) is 16.1 Å². The van der Waals surface area contributed by atoms with Crippen LogP contribution in [-0.2, 0) is 17.1 Å². The molecule has 0 radical (unpaired) electrons. The molecule has 1 aromatic carbocycles. The first-order valence-electron chi connectivity index (χ1n) is 5.72. The molecule has 0 saturated heterocycles. The van der Waals surface area contributed by atoms with E-state index in [9.17, 15) is 13.2 Å². The van der Waals surface area contributed by atoms with E-state index in [4.69, 9.17) is 5.73 Å². The van der Waals surface area contributed by atoms with E-state index in [1.54, 1.807) is 19.2 Å². The van der Waals surface area contributed by atoms with Crippen LogP contribution in [0.2, 0.25) is 0 Å². The number of rotatable bonds is 4. The third-order valence-electron chi connectivity index (χ3n) is 2.64. The summed E-state index contributed by atoms with van der Waals surface area (Å²) in [7, 11) is -2.22. The zero-order valence-corrected chi connectivity index (χ0v) is 11.8. The number of carbonyl (C=O) groups excluding carboxylic acids is 1. The van der Waals surface area contributed by atoms with Crippen molar-refractivity contribution in [1.29, 1.82) is 0 Å². The highest BCUT2D eigenvalue weighted by atomic mass is 32.2. The van der Waals surface area contributed by atoms with E-state index >= 15 is 0 Å². The van der Waals surface area contributed by atoms with E-state index in [1.807, 2.05) is 6.92 Å². The van der Waals surface area contributed by atoms with Crippen LogP contribution in [0.15, 0.2) is 35.4 Å². The number of hydrogen-bond acceptors (Lipinski definition) is 4. The Bertz CT molecular complexity index is 748. The lowest BCUT2D eigenvalue weighted by molar-refractivity contribution is 0.0995. The number of nitrogens with zero attached hydrogens (tertiary/aromatic N) is 2. The Kier molecular flexibility index (Phi) is 3.49. The van der Waals surface area contributed by atoms with Crippen molar-refractivity contribution in [3.05, 3.63) is 41.7 Å². The Morgan fingerprint density at radius 3 is 2.45 bits per heavy atom. The van der Waals surface area contributed by atoms with Gasteiger partial charge in [-0.3, -0.25) is 14.2 Å². The van der Waals surface area contributed by atoms with Crippen LogP contribution in [0, 0.1) is 6.92 Å². The fourth-order valence-corrected chi connectivity index (χ4v) is 2.72. The van der Waals surface area contributed by atoms with Gasteiger partial charge in [-0.2, -0.15) is 5.10 Å². The maximum absolute atomic E-state index is 12.2. The molecule has 1 heterocycles. The van der Waals surface area contributed by atoms with Crippen LogP contribution < -0.4 is 10.5 Å². The maximum atomic E-state index is 12.2. The molecule has 0 fully saturated rings. The van der Waals surface area contributed by atoms with Crippen molar-refractivity contribution in [3.8, 4) is 0 Å². The molecule has 0 aliphatic heterocycles. The molecule has 7 nitrogen and oxygen atoms in total. The molecule has 106 valence electrons. The highest BCUT2D eigenvalue weighted by molar-refractivity contribution is 7.92. The van der Waals surface area contributed by atoms with Gasteiger partial charge in [-0.15, -0.1) is 0 Å². The van der Waals surface area contributed by atoms with Crippen molar-refractivity contribution in [3.63, 3.8) is 0 Å². The molecule has 2 rings (SSSR count). The Labute approximate surface area is 116 Å². The summed E-state index contributed by atoms with van der Waals surface area (Å²) in [5.41, 5.74) is 6.04. The number of nitrogens with one attached hydrogen (secondary N) is 1. The summed E-state index contributed by atoms with van der Waals surface area (Å²) in [5, 5.41) is 3.82. The molecule has 1 amide bonds. The quantitative estimate of drug-likeness (QED) is 0.862. The van der Waals surface area contributed by atoms with Crippen molar-refractivity contribution in [2.24, 2.45) is 12.8 Å². The highest BCUT2D eigenvalue weighted by Gasteiger charge is 2.20. The van der Waals surface area contributed by atoms with Crippen LogP contribution in [0.3, 0.4) is 0 Å². The Hall–Kier alpha value is -2.35. The minimum atomic E-state index is -3.78. The van der Waals surface area contributed by atoms with Crippen molar-refractivity contribution in [2.45, 2.75) is 11.8 Å². The number of primary amides is 1. The predicted molar refractivity (Wildman–Crippen MR) is 73.7 cm³/mol. The van der Waals surface area contributed by atoms with Crippen LogP contribution >= 0.6 is 0 Å². The van der Waals surface area contributed by atoms with Gasteiger partial charge in [0.25, 0.3) is 15.9 Å². The third-order valence-corrected chi connectivity index (χ3v) is 4.02. The lowest BCUT2D eigenvalue weighted by atomic mass is 10.2. The van der Waals surface area contributed by atoms with Gasteiger partial charge in [-0.25, -0.2) is 8.42 Å². The molecule has 0 atom stereocenters. The molecular weight excluding hydrogens is 280 g/mol. The van der Waals surface area contributed by atoms with E-state index in [2.05, 4.69) is 9.82 Å². The van der Waals surface area contributed by atoms with Crippen molar-refractivity contribution in [1.82, 2.24) is 9.78 Å². The fourth-order valence-electron chi connectivity index (χ4n) is 1.67. The number of aryl methyl sites for hydroxylation is 2. The SMILES string of the molecule is Cc1ccc(S(=O)(=O)Nc2cn(C)nc2C(N)=O)cc1. The van der Waals surface area contributed by atoms with Gasteiger partial charge < -0.3 is 5.73 Å². The van der Waals surface area contributed by atoms with Crippen LogP contribution in [-0.4, -0.2) is 24.1 Å². The third kappa shape index (κ3) is 2.80. The number of sulfonamides is 1. The fraction of sp³-hybridized carbons (Fsp3) is 0.167. The van der Waals surface area contributed by atoms with Gasteiger partial charge >= 0.3 is 0 Å². The number of amides is 1. The lowest BCUT2D eigenvalue weighted by Crippen LogP contribution is -2.18. The number of benzene rings is 1. The largest absolute Gasteiger partial charge is 0.364 e. The first-order chi connectivity index (χ1) is 9.29. The molecule has 8 heteroatoms. The van der Waals surface area contributed by atoms with Crippen LogP contribution in [0.4, 0.5) is 5.69 Å². The zero-order chi connectivity index (χ0) is 14.9. The first kappa shape index (κ1) is 14.1. The van der Waals surface area contributed by atoms with Crippen LogP contribution in [0.25, 0.3) is 0 Å². The van der Waals surface area contributed by atoms with E-state index in [0.29, 0.717) is 0 Å². The molecule has 20 heavy (non-hydrogen) atoms. The molecule has 0 aliphatic rings. The van der Waals surface area contributed by atoms with E-state index in [0.717, 1.165) is 5.56 Å². The average Bonchev–Trinajstić information content (AvgIpc) is 2.70. The Morgan fingerprint density at radius 1 is 1.30 bits per heavy atom. The molecular formula is C12H14N4O3S. The van der Waals surface area contributed by atoms with Crippen LogP contribution in [0.5, 0.6) is 0 Å². The van der Waals surface area contributed by atoms with Crippen molar-refractivity contribution < 1.29 is 13.2 Å². The highest BCUT2D eigenvalue weighted by Crippen LogP contribution is 2.19. The molecule has 2 aromatic rings. The van der Waals surface area contributed by atoms with Gasteiger partial charge in [-0.1, -0.05) is 17.7 Å². The second-order valence-corrected chi connectivity index (χ2v) is 6.03. The first-order valence-corrected chi connectivity index (χ1v) is 7.21. The maximum Gasteiger partial charge on any atom is 0.271 e. The summed E-state index contributed by atoms with van der Waals surface area (Å²) in [6.45, 7) is 1.86. The topological polar surface area (TPSA) is 107 Å². The van der Waals surface area contributed by atoms with Gasteiger partial charge in [0, 0.05) is 13.2 Å². The summed E-state index contributed by atoms with van der Waals surface area (Å²) in [6.07, 6.45) is 1.38. The smallest absolute Gasteiger partial charge is 0.271 e. The molecule has 1 aromatic heterocycles. The number of hydrogen-bond donors (Lipinski definition) is 2. The van der Waals surface area contributed by atoms with Gasteiger partial charge in [0.1, 0.15) is 0 Å². The normalized spacial score (nSPS) is 11.3. The summed E-state index contributed by atoms with van der Waals surface area (Å²) in [4.78, 5) is 11.3. The summed E-state index contributed by atoms with van der Waals surface area (Å²) >= 11 is 0. The van der Waals surface area contributed by atoms with Gasteiger partial charge in [0.15, 0.2) is 5.69 Å². The molecule has 3 N–H and O–H groups in total. The van der Waals surface area contributed by atoms with Crippen molar-refractivity contribution >= 4 is 21.6 Å². The minimum Gasteiger partial charge on any atom is -0.364 e. The second kappa shape index (κ2) is 4.97. The monoisotopic (exact) mass is 294 g/mol. The van der Waals surface area contributed by atoms with Gasteiger partial charge in [0.2, 0.25) is 0 Å². The molecule has 0 bridgehead atoms. The average molecular weight is 294 g/mol. The standard InChI is InChI=1S/C12H14N4O3S/c1-8-3-5-9(6-4-8)20(18,19)15-10-7-16(2)14-11(10)12(13)17/h3-7,15H,1-2H3,(H2,13,17). The predicted octanol–water partition coefficient (Wildman–Crippen LogP) is 0.628. The minimum absolute atomic E-state index is 0.0561. The molecule has 0 unspecified atom stereocenters. The van der Waals surface area contributed by atoms with E-state index in [1.165, 1.54) is 23.0 Å². The number of nitrogens with two attached hydrogens (primary N) is 1.